The van der Waals surface area contributed by atoms with Gasteiger partial charge in [0.1, 0.15) is 0 Å². The second-order valence-electron chi connectivity index (χ2n) is 5.23. The van der Waals surface area contributed by atoms with E-state index in [0.29, 0.717) is 17.5 Å². The Morgan fingerprint density at radius 3 is 2.96 bits per heavy atom. The molecule has 1 aromatic carbocycles. The number of rotatable bonds is 6. The minimum atomic E-state index is 0.0990. The molecule has 23 heavy (non-hydrogen) atoms. The molecule has 0 radical (unpaired) electrons. The molecule has 118 valence electrons. The van der Waals surface area contributed by atoms with Crippen LogP contribution < -0.4 is 0 Å². The first-order valence-corrected chi connectivity index (χ1v) is 9.02. The molecule has 2 aromatic heterocycles. The maximum absolute atomic E-state index is 12.4. The highest BCUT2D eigenvalue weighted by Crippen LogP contribution is 2.20. The molecule has 2 heterocycles. The van der Waals surface area contributed by atoms with Crippen LogP contribution in [0.4, 0.5) is 0 Å². The second kappa shape index (κ2) is 7.06. The Balaban J connectivity index is 1.68. The highest BCUT2D eigenvalue weighted by molar-refractivity contribution is 7.99. The van der Waals surface area contributed by atoms with E-state index in [1.807, 2.05) is 49.6 Å². The summed E-state index contributed by atoms with van der Waals surface area (Å²) in [7, 11) is 0. The van der Waals surface area contributed by atoms with Crippen molar-refractivity contribution in [3.05, 3.63) is 57.3 Å². The number of hydrogen-bond acceptors (Lipinski definition) is 6. The van der Waals surface area contributed by atoms with Gasteiger partial charge in [-0.2, -0.15) is 0 Å². The van der Waals surface area contributed by atoms with Gasteiger partial charge in [-0.15, -0.1) is 16.4 Å². The van der Waals surface area contributed by atoms with Gasteiger partial charge in [-0.1, -0.05) is 35.5 Å². The molecule has 0 unspecified atom stereocenters. The molecule has 3 rings (SSSR count). The summed E-state index contributed by atoms with van der Waals surface area (Å²) in [5.74, 6) is 0.427. The molecule has 0 fully saturated rings. The molecule has 5 nitrogen and oxygen atoms in total. The molecule has 0 spiro atoms. The minimum Gasteiger partial charge on any atom is -0.293 e. The number of tetrazole rings is 1. The van der Waals surface area contributed by atoms with Crippen LogP contribution in [0.1, 0.15) is 26.4 Å². The number of aromatic nitrogens is 4. The standard InChI is InChI=1S/C16H16N4OS2/c1-11-5-6-12(2)14(8-11)15(21)10-23-16-17-18-19-20(16)9-13-4-3-7-22-13/h3-8H,9-10H2,1-2H3. The Morgan fingerprint density at radius 2 is 2.17 bits per heavy atom. The lowest BCUT2D eigenvalue weighted by molar-refractivity contribution is 0.102. The van der Waals surface area contributed by atoms with Gasteiger partial charge in [0.25, 0.3) is 0 Å². The van der Waals surface area contributed by atoms with Crippen molar-refractivity contribution in [1.82, 2.24) is 20.2 Å². The first kappa shape index (κ1) is 15.9. The van der Waals surface area contributed by atoms with E-state index in [0.717, 1.165) is 16.7 Å². The molecule has 0 aliphatic carbocycles. The van der Waals surface area contributed by atoms with E-state index >= 15 is 0 Å². The number of nitrogens with zero attached hydrogens (tertiary/aromatic N) is 4. The number of carbonyl (C=O) groups excluding carboxylic acids is 1. The third-order valence-electron chi connectivity index (χ3n) is 3.41. The molecule has 0 aliphatic heterocycles. The SMILES string of the molecule is Cc1ccc(C)c(C(=O)CSc2nnnn2Cc2cccs2)c1. The van der Waals surface area contributed by atoms with Gasteiger partial charge >= 0.3 is 0 Å². The predicted molar refractivity (Wildman–Crippen MR) is 92.2 cm³/mol. The minimum absolute atomic E-state index is 0.0990. The summed E-state index contributed by atoms with van der Waals surface area (Å²) in [5, 5.41) is 14.4. The fraction of sp³-hybridized carbons (Fsp3) is 0.250. The number of benzene rings is 1. The molecule has 0 bridgehead atoms. The molecule has 0 saturated heterocycles. The van der Waals surface area contributed by atoms with E-state index < -0.39 is 0 Å². The number of ketones is 1. The Bertz CT molecular complexity index is 811. The number of carbonyl (C=O) groups is 1. The third-order valence-corrected chi connectivity index (χ3v) is 5.23. The van der Waals surface area contributed by atoms with Gasteiger partial charge < -0.3 is 0 Å². The van der Waals surface area contributed by atoms with E-state index in [-0.39, 0.29) is 5.78 Å². The van der Waals surface area contributed by atoms with Crippen LogP contribution in [0.25, 0.3) is 0 Å². The first-order chi connectivity index (χ1) is 11.1. The number of thiophene rings is 1. The molecule has 7 heteroatoms. The van der Waals surface area contributed by atoms with Crippen molar-refractivity contribution in [3.63, 3.8) is 0 Å². The van der Waals surface area contributed by atoms with E-state index in [4.69, 9.17) is 0 Å². The van der Waals surface area contributed by atoms with Crippen LogP contribution in [-0.4, -0.2) is 31.7 Å². The lowest BCUT2D eigenvalue weighted by Crippen LogP contribution is -2.08. The van der Waals surface area contributed by atoms with Crippen molar-refractivity contribution in [2.75, 3.05) is 5.75 Å². The van der Waals surface area contributed by atoms with Crippen molar-refractivity contribution in [3.8, 4) is 0 Å². The smallest absolute Gasteiger partial charge is 0.210 e. The summed E-state index contributed by atoms with van der Waals surface area (Å²) in [6, 6.07) is 9.98. The van der Waals surface area contributed by atoms with Crippen molar-refractivity contribution >= 4 is 28.9 Å². The third kappa shape index (κ3) is 3.86. The van der Waals surface area contributed by atoms with E-state index in [1.54, 1.807) is 16.0 Å². The molecule has 0 saturated carbocycles. The molecule has 0 atom stereocenters. The Labute approximate surface area is 142 Å². The lowest BCUT2D eigenvalue weighted by Gasteiger charge is -2.06. The molecule has 3 aromatic rings. The summed E-state index contributed by atoms with van der Waals surface area (Å²) in [4.78, 5) is 13.6. The summed E-state index contributed by atoms with van der Waals surface area (Å²) in [6.45, 7) is 4.58. The van der Waals surface area contributed by atoms with E-state index in [1.165, 1.54) is 16.6 Å². The number of aryl methyl sites for hydroxylation is 2. The fourth-order valence-corrected chi connectivity index (χ4v) is 3.64. The zero-order valence-electron chi connectivity index (χ0n) is 12.9. The largest absolute Gasteiger partial charge is 0.293 e. The summed E-state index contributed by atoms with van der Waals surface area (Å²) >= 11 is 3.04. The summed E-state index contributed by atoms with van der Waals surface area (Å²) < 4.78 is 1.73. The molecule has 0 aliphatic rings. The summed E-state index contributed by atoms with van der Waals surface area (Å²) in [6.07, 6.45) is 0. The van der Waals surface area contributed by atoms with Gasteiger partial charge in [0.15, 0.2) is 5.78 Å². The lowest BCUT2D eigenvalue weighted by atomic mass is 10.0. The first-order valence-electron chi connectivity index (χ1n) is 7.15. The van der Waals surface area contributed by atoms with Gasteiger partial charge in [0, 0.05) is 10.4 Å². The van der Waals surface area contributed by atoms with Crippen LogP contribution in [0.15, 0.2) is 40.9 Å². The van der Waals surface area contributed by atoms with E-state index in [2.05, 4.69) is 15.5 Å². The van der Waals surface area contributed by atoms with Crippen LogP contribution in [-0.2, 0) is 6.54 Å². The number of Topliss-reactive ketones (excluding diaryl/α,β-unsaturated/α-hetero) is 1. The van der Waals surface area contributed by atoms with Crippen LogP contribution in [0, 0.1) is 13.8 Å². The zero-order chi connectivity index (χ0) is 16.2. The highest BCUT2D eigenvalue weighted by Gasteiger charge is 2.14. The Kier molecular flexibility index (Phi) is 4.88. The normalized spacial score (nSPS) is 10.9. The predicted octanol–water partition coefficient (Wildman–Crippen LogP) is 3.37. The topological polar surface area (TPSA) is 60.7 Å². The molecular weight excluding hydrogens is 328 g/mol. The van der Waals surface area contributed by atoms with Crippen LogP contribution in [0.3, 0.4) is 0 Å². The Morgan fingerprint density at radius 1 is 1.30 bits per heavy atom. The monoisotopic (exact) mass is 344 g/mol. The van der Waals surface area contributed by atoms with Crippen molar-refractivity contribution < 1.29 is 4.79 Å². The Hall–Kier alpha value is -1.99. The van der Waals surface area contributed by atoms with Crippen LogP contribution >= 0.6 is 23.1 Å². The van der Waals surface area contributed by atoms with Crippen molar-refractivity contribution in [2.45, 2.75) is 25.5 Å². The van der Waals surface area contributed by atoms with Crippen LogP contribution in [0.5, 0.6) is 0 Å². The maximum Gasteiger partial charge on any atom is 0.210 e. The average Bonchev–Trinajstić information content (AvgIpc) is 3.20. The fourth-order valence-electron chi connectivity index (χ4n) is 2.19. The van der Waals surface area contributed by atoms with Gasteiger partial charge in [0.2, 0.25) is 5.16 Å². The number of thioether (sulfide) groups is 1. The molecule has 0 amide bonds. The molecule has 0 N–H and O–H groups in total. The highest BCUT2D eigenvalue weighted by atomic mass is 32.2. The van der Waals surface area contributed by atoms with Gasteiger partial charge in [-0.25, -0.2) is 4.68 Å². The van der Waals surface area contributed by atoms with E-state index in [9.17, 15) is 4.79 Å². The zero-order valence-corrected chi connectivity index (χ0v) is 14.5. The number of hydrogen-bond donors (Lipinski definition) is 0. The molecular formula is C16H16N4OS2. The maximum atomic E-state index is 12.4. The quantitative estimate of drug-likeness (QED) is 0.507. The van der Waals surface area contributed by atoms with Crippen molar-refractivity contribution in [1.29, 1.82) is 0 Å². The van der Waals surface area contributed by atoms with Gasteiger partial charge in [-0.3, -0.25) is 4.79 Å². The van der Waals surface area contributed by atoms with Crippen molar-refractivity contribution in [2.24, 2.45) is 0 Å². The van der Waals surface area contributed by atoms with Gasteiger partial charge in [0.05, 0.1) is 12.3 Å². The second-order valence-corrected chi connectivity index (χ2v) is 7.20. The van der Waals surface area contributed by atoms with Crippen LogP contribution in [0.2, 0.25) is 0 Å². The average molecular weight is 344 g/mol. The summed E-state index contributed by atoms with van der Waals surface area (Å²) in [5.41, 5.74) is 2.86. The van der Waals surface area contributed by atoms with Gasteiger partial charge in [-0.05, 0) is 47.4 Å².